The minimum atomic E-state index is -3.77. The smallest absolute Gasteiger partial charge is 0.244 e. The van der Waals surface area contributed by atoms with Gasteiger partial charge >= 0.3 is 0 Å². The van der Waals surface area contributed by atoms with Gasteiger partial charge in [-0.15, -0.1) is 0 Å². The van der Waals surface area contributed by atoms with Gasteiger partial charge in [0, 0.05) is 12.1 Å². The van der Waals surface area contributed by atoms with Crippen LogP contribution in [-0.4, -0.2) is 49.5 Å². The third kappa shape index (κ3) is 7.56. The monoisotopic (exact) mass is 501 g/mol. The maximum Gasteiger partial charge on any atom is 0.244 e. The molecule has 0 aliphatic carbocycles. The van der Waals surface area contributed by atoms with Crippen molar-refractivity contribution >= 4 is 27.5 Å². The Morgan fingerprint density at radius 2 is 1.49 bits per heavy atom. The standard InChI is InChI=1S/C27H39N3O4S/c1-9-23(26(32)28-27(5,6)7)29(17-22-16-11-10-13-19(22)2)24(31)18-30(35(8,33)34)25-20(3)14-12-15-21(25)4/h10-16,23H,9,17-18H2,1-8H3,(H,28,32)/t23-/m0/s1. The van der Waals surface area contributed by atoms with Gasteiger partial charge in [-0.1, -0.05) is 49.4 Å². The zero-order valence-electron chi connectivity index (χ0n) is 22.2. The Morgan fingerprint density at radius 1 is 0.943 bits per heavy atom. The van der Waals surface area contributed by atoms with Gasteiger partial charge in [0.1, 0.15) is 12.6 Å². The average Bonchev–Trinajstić information content (AvgIpc) is 2.72. The Morgan fingerprint density at radius 3 is 1.97 bits per heavy atom. The lowest BCUT2D eigenvalue weighted by Crippen LogP contribution is -2.55. The molecule has 1 N–H and O–H groups in total. The van der Waals surface area contributed by atoms with Crippen LogP contribution in [0.4, 0.5) is 5.69 Å². The molecular weight excluding hydrogens is 462 g/mol. The number of hydrogen-bond donors (Lipinski definition) is 1. The third-order valence-corrected chi connectivity index (χ3v) is 6.97. The first kappa shape index (κ1) is 28.4. The molecule has 2 aromatic rings. The summed E-state index contributed by atoms with van der Waals surface area (Å²) in [5.74, 6) is -0.697. The van der Waals surface area contributed by atoms with E-state index < -0.39 is 34.1 Å². The van der Waals surface area contributed by atoms with E-state index in [1.807, 2.05) is 90.9 Å². The summed E-state index contributed by atoms with van der Waals surface area (Å²) in [6.07, 6.45) is 1.49. The lowest BCUT2D eigenvalue weighted by molar-refractivity contribution is -0.141. The second-order valence-corrected chi connectivity index (χ2v) is 12.0. The lowest BCUT2D eigenvalue weighted by Gasteiger charge is -2.35. The highest BCUT2D eigenvalue weighted by atomic mass is 32.2. The molecular formula is C27H39N3O4S. The van der Waals surface area contributed by atoms with E-state index in [1.54, 1.807) is 0 Å². The van der Waals surface area contributed by atoms with E-state index in [2.05, 4.69) is 5.32 Å². The molecule has 35 heavy (non-hydrogen) atoms. The predicted molar refractivity (Wildman–Crippen MR) is 142 cm³/mol. The molecule has 0 spiro atoms. The normalized spacial score (nSPS) is 12.7. The molecule has 0 unspecified atom stereocenters. The van der Waals surface area contributed by atoms with E-state index >= 15 is 0 Å². The summed E-state index contributed by atoms with van der Waals surface area (Å²) in [5.41, 5.74) is 3.43. The van der Waals surface area contributed by atoms with Crippen molar-refractivity contribution in [2.45, 2.75) is 73.0 Å². The molecule has 0 saturated heterocycles. The molecule has 0 saturated carbocycles. The molecule has 0 aromatic heterocycles. The van der Waals surface area contributed by atoms with Crippen molar-refractivity contribution in [3.05, 3.63) is 64.7 Å². The number of amides is 2. The molecule has 8 heteroatoms. The van der Waals surface area contributed by atoms with Crippen LogP contribution in [0.3, 0.4) is 0 Å². The summed E-state index contributed by atoms with van der Waals surface area (Å²) in [6, 6.07) is 12.4. The SMILES string of the molecule is CC[C@@H](C(=O)NC(C)(C)C)N(Cc1ccccc1C)C(=O)CN(c1c(C)cccc1C)S(C)(=O)=O. The highest BCUT2D eigenvalue weighted by Gasteiger charge is 2.33. The summed E-state index contributed by atoms with van der Waals surface area (Å²) < 4.78 is 26.8. The van der Waals surface area contributed by atoms with Crippen molar-refractivity contribution in [2.24, 2.45) is 0 Å². The fourth-order valence-corrected chi connectivity index (χ4v) is 5.08. The molecule has 0 aliphatic heterocycles. The summed E-state index contributed by atoms with van der Waals surface area (Å²) in [4.78, 5) is 28.6. The van der Waals surface area contributed by atoms with E-state index in [0.29, 0.717) is 12.1 Å². The molecule has 2 amide bonds. The highest BCUT2D eigenvalue weighted by Crippen LogP contribution is 2.27. The first-order valence-electron chi connectivity index (χ1n) is 11.9. The predicted octanol–water partition coefficient (Wildman–Crippen LogP) is 4.10. The zero-order chi connectivity index (χ0) is 26.6. The van der Waals surface area contributed by atoms with Gasteiger partial charge in [0.05, 0.1) is 11.9 Å². The summed E-state index contributed by atoms with van der Waals surface area (Å²) in [7, 11) is -3.77. The van der Waals surface area contributed by atoms with Crippen LogP contribution in [0.25, 0.3) is 0 Å². The van der Waals surface area contributed by atoms with Crippen LogP contribution in [-0.2, 0) is 26.2 Å². The fraction of sp³-hybridized carbons (Fsp3) is 0.481. The van der Waals surface area contributed by atoms with Gasteiger partial charge in [-0.25, -0.2) is 8.42 Å². The van der Waals surface area contributed by atoms with Gasteiger partial charge in [0.2, 0.25) is 21.8 Å². The second kappa shape index (κ2) is 11.2. The molecule has 2 rings (SSSR count). The van der Waals surface area contributed by atoms with Gasteiger partial charge in [-0.3, -0.25) is 13.9 Å². The molecule has 0 fully saturated rings. The topological polar surface area (TPSA) is 86.8 Å². The Balaban J connectivity index is 2.53. The van der Waals surface area contributed by atoms with Crippen LogP contribution in [0.1, 0.15) is 56.4 Å². The van der Waals surface area contributed by atoms with Crippen LogP contribution >= 0.6 is 0 Å². The number of benzene rings is 2. The van der Waals surface area contributed by atoms with Crippen molar-refractivity contribution < 1.29 is 18.0 Å². The third-order valence-electron chi connectivity index (χ3n) is 5.85. The average molecular weight is 502 g/mol. The van der Waals surface area contributed by atoms with E-state index in [-0.39, 0.29) is 12.5 Å². The molecule has 7 nitrogen and oxygen atoms in total. The van der Waals surface area contributed by atoms with Crippen molar-refractivity contribution in [1.82, 2.24) is 10.2 Å². The Kier molecular flexibility index (Phi) is 9.11. The van der Waals surface area contributed by atoms with Crippen LogP contribution in [0.15, 0.2) is 42.5 Å². The van der Waals surface area contributed by atoms with E-state index in [4.69, 9.17) is 0 Å². The zero-order valence-corrected chi connectivity index (χ0v) is 23.0. The number of anilines is 1. The Labute approximate surface area is 210 Å². The number of sulfonamides is 1. The number of rotatable bonds is 9. The summed E-state index contributed by atoms with van der Waals surface area (Å²) in [5, 5.41) is 2.97. The minimum Gasteiger partial charge on any atom is -0.350 e. The van der Waals surface area contributed by atoms with Gasteiger partial charge in [-0.05, 0) is 70.2 Å². The Bertz CT molecular complexity index is 1150. The van der Waals surface area contributed by atoms with Gasteiger partial charge in [-0.2, -0.15) is 0 Å². The molecule has 0 heterocycles. The van der Waals surface area contributed by atoms with Gasteiger partial charge in [0.15, 0.2) is 0 Å². The van der Waals surface area contributed by atoms with Crippen LogP contribution in [0.5, 0.6) is 0 Å². The van der Waals surface area contributed by atoms with Gasteiger partial charge in [0.25, 0.3) is 0 Å². The van der Waals surface area contributed by atoms with Crippen LogP contribution < -0.4 is 9.62 Å². The van der Waals surface area contributed by atoms with Crippen molar-refractivity contribution in [2.75, 3.05) is 17.1 Å². The highest BCUT2D eigenvalue weighted by molar-refractivity contribution is 7.92. The number of carbonyl (C=O) groups is 2. The maximum atomic E-state index is 13.8. The molecule has 2 aromatic carbocycles. The van der Waals surface area contributed by atoms with E-state index in [1.165, 1.54) is 4.90 Å². The summed E-state index contributed by atoms with van der Waals surface area (Å²) in [6.45, 7) is 12.9. The van der Waals surface area contributed by atoms with Crippen molar-refractivity contribution in [1.29, 1.82) is 0 Å². The number of nitrogens with one attached hydrogen (secondary N) is 1. The quantitative estimate of drug-likeness (QED) is 0.560. The first-order chi connectivity index (χ1) is 16.2. The van der Waals surface area contributed by atoms with Crippen LogP contribution in [0, 0.1) is 20.8 Å². The van der Waals surface area contributed by atoms with E-state index in [0.717, 1.165) is 32.8 Å². The maximum absolute atomic E-state index is 13.8. The second-order valence-electron chi connectivity index (χ2n) is 10.1. The number of carbonyl (C=O) groups excluding carboxylic acids is 2. The van der Waals surface area contributed by atoms with Gasteiger partial charge < -0.3 is 10.2 Å². The number of para-hydroxylation sites is 1. The molecule has 0 radical (unpaired) electrons. The number of aryl methyl sites for hydroxylation is 3. The fourth-order valence-electron chi connectivity index (χ4n) is 4.12. The van der Waals surface area contributed by atoms with Crippen LogP contribution in [0.2, 0.25) is 0 Å². The van der Waals surface area contributed by atoms with Crippen molar-refractivity contribution in [3.8, 4) is 0 Å². The number of hydrogen-bond acceptors (Lipinski definition) is 4. The largest absolute Gasteiger partial charge is 0.350 e. The summed E-state index contributed by atoms with van der Waals surface area (Å²) >= 11 is 0. The Hall–Kier alpha value is -2.87. The molecule has 0 aliphatic rings. The molecule has 0 bridgehead atoms. The minimum absolute atomic E-state index is 0.200. The lowest BCUT2D eigenvalue weighted by atomic mass is 10.0. The molecule has 192 valence electrons. The first-order valence-corrected chi connectivity index (χ1v) is 13.7. The number of nitrogens with zero attached hydrogens (tertiary/aromatic N) is 2. The molecule has 1 atom stereocenters. The van der Waals surface area contributed by atoms with E-state index in [9.17, 15) is 18.0 Å². The van der Waals surface area contributed by atoms with Crippen molar-refractivity contribution in [3.63, 3.8) is 0 Å².